The summed E-state index contributed by atoms with van der Waals surface area (Å²) in [7, 11) is 1.94. The normalized spacial score (nSPS) is 10.9. The van der Waals surface area contributed by atoms with Gasteiger partial charge in [0.1, 0.15) is 5.69 Å². The van der Waals surface area contributed by atoms with Crippen molar-refractivity contribution in [3.63, 3.8) is 0 Å². The van der Waals surface area contributed by atoms with Gasteiger partial charge in [-0.05, 0) is 43.7 Å². The quantitative estimate of drug-likeness (QED) is 0.712. The Labute approximate surface area is 130 Å². The first kappa shape index (κ1) is 14.4. The minimum Gasteiger partial charge on any atom is -0.340 e. The average Bonchev–Trinajstić information content (AvgIpc) is 2.86. The van der Waals surface area contributed by atoms with Gasteiger partial charge >= 0.3 is 0 Å². The molecule has 0 aliphatic heterocycles. The van der Waals surface area contributed by atoms with Crippen LogP contribution in [-0.2, 0) is 7.05 Å². The topological polar surface area (TPSA) is 25.2 Å². The third kappa shape index (κ3) is 2.39. The van der Waals surface area contributed by atoms with Gasteiger partial charge in [0.25, 0.3) is 5.91 Å². The van der Waals surface area contributed by atoms with Gasteiger partial charge in [-0.25, -0.2) is 0 Å². The van der Waals surface area contributed by atoms with Crippen molar-refractivity contribution in [2.75, 3.05) is 11.4 Å². The molecule has 1 heterocycles. The number of fused-ring (bicyclic) bond motifs is 1. The summed E-state index contributed by atoms with van der Waals surface area (Å²) in [5.41, 5.74) is 3.88. The third-order valence-electron chi connectivity index (χ3n) is 4.05. The van der Waals surface area contributed by atoms with E-state index in [0.29, 0.717) is 12.2 Å². The minimum absolute atomic E-state index is 0.0341. The van der Waals surface area contributed by atoms with Crippen LogP contribution >= 0.6 is 0 Å². The zero-order valence-corrected chi connectivity index (χ0v) is 13.2. The Morgan fingerprint density at radius 3 is 2.55 bits per heavy atom. The highest BCUT2D eigenvalue weighted by Crippen LogP contribution is 2.23. The highest BCUT2D eigenvalue weighted by atomic mass is 16.2. The highest BCUT2D eigenvalue weighted by Gasteiger charge is 2.20. The van der Waals surface area contributed by atoms with Crippen LogP contribution in [-0.4, -0.2) is 17.0 Å². The van der Waals surface area contributed by atoms with Crippen molar-refractivity contribution in [3.8, 4) is 0 Å². The molecule has 0 saturated heterocycles. The zero-order chi connectivity index (χ0) is 15.7. The van der Waals surface area contributed by atoms with Gasteiger partial charge in [0.15, 0.2) is 0 Å². The van der Waals surface area contributed by atoms with Crippen LogP contribution in [0.15, 0.2) is 54.6 Å². The summed E-state index contributed by atoms with van der Waals surface area (Å²) in [5, 5.41) is 1.09. The summed E-state index contributed by atoms with van der Waals surface area (Å²) in [5.74, 6) is 0.0341. The average molecular weight is 292 g/mol. The van der Waals surface area contributed by atoms with E-state index >= 15 is 0 Å². The van der Waals surface area contributed by atoms with E-state index in [1.54, 1.807) is 0 Å². The van der Waals surface area contributed by atoms with Crippen LogP contribution < -0.4 is 4.90 Å². The van der Waals surface area contributed by atoms with Gasteiger partial charge < -0.3 is 9.47 Å². The molecule has 0 N–H and O–H groups in total. The van der Waals surface area contributed by atoms with E-state index in [2.05, 4.69) is 0 Å². The maximum absolute atomic E-state index is 13.0. The molecular weight excluding hydrogens is 272 g/mol. The van der Waals surface area contributed by atoms with Gasteiger partial charge in [-0.3, -0.25) is 4.79 Å². The van der Waals surface area contributed by atoms with Crippen LogP contribution in [0.4, 0.5) is 5.69 Å². The summed E-state index contributed by atoms with van der Waals surface area (Å²) < 4.78 is 1.97. The lowest BCUT2D eigenvalue weighted by atomic mass is 10.2. The second-order valence-electron chi connectivity index (χ2n) is 5.54. The Hall–Kier alpha value is -2.55. The number of carbonyl (C=O) groups is 1. The van der Waals surface area contributed by atoms with Gasteiger partial charge in [0, 0.05) is 30.2 Å². The minimum atomic E-state index is 0.0341. The summed E-state index contributed by atoms with van der Waals surface area (Å²) in [6.45, 7) is 4.69. The Morgan fingerprint density at radius 1 is 1.09 bits per heavy atom. The molecule has 3 heteroatoms. The van der Waals surface area contributed by atoms with E-state index in [4.69, 9.17) is 0 Å². The van der Waals surface area contributed by atoms with E-state index in [-0.39, 0.29) is 5.91 Å². The maximum atomic E-state index is 13.0. The lowest BCUT2D eigenvalue weighted by molar-refractivity contribution is 0.0981. The van der Waals surface area contributed by atoms with Crippen molar-refractivity contribution in [3.05, 3.63) is 65.9 Å². The molecule has 112 valence electrons. The number of para-hydroxylation sites is 1. The number of rotatable bonds is 3. The van der Waals surface area contributed by atoms with Gasteiger partial charge in [-0.2, -0.15) is 0 Å². The predicted octanol–water partition coefficient (Wildman–Crippen LogP) is 4.15. The Kier molecular flexibility index (Phi) is 3.72. The van der Waals surface area contributed by atoms with E-state index in [0.717, 1.165) is 22.2 Å². The van der Waals surface area contributed by atoms with Gasteiger partial charge in [-0.1, -0.05) is 30.3 Å². The Morgan fingerprint density at radius 2 is 1.86 bits per heavy atom. The summed E-state index contributed by atoms with van der Waals surface area (Å²) in [4.78, 5) is 14.8. The lowest BCUT2D eigenvalue weighted by Crippen LogP contribution is -2.32. The number of anilines is 1. The Balaban J connectivity index is 2.05. The number of amides is 1. The maximum Gasteiger partial charge on any atom is 0.274 e. The number of benzene rings is 2. The number of nitrogens with zero attached hydrogens (tertiary/aromatic N) is 2. The molecule has 22 heavy (non-hydrogen) atoms. The second-order valence-corrected chi connectivity index (χ2v) is 5.54. The Bertz CT molecular complexity index is 832. The smallest absolute Gasteiger partial charge is 0.274 e. The molecule has 0 aliphatic rings. The number of aromatic nitrogens is 1. The van der Waals surface area contributed by atoms with Crippen molar-refractivity contribution in [1.29, 1.82) is 0 Å². The third-order valence-corrected chi connectivity index (χ3v) is 4.05. The SMILES string of the molecule is CCN(C(=O)c1cc2ccccc2n1C)c1cccc(C)c1. The van der Waals surface area contributed by atoms with Crippen molar-refractivity contribution in [1.82, 2.24) is 4.57 Å². The molecule has 0 radical (unpaired) electrons. The highest BCUT2D eigenvalue weighted by molar-refractivity contribution is 6.07. The molecule has 0 bridgehead atoms. The predicted molar refractivity (Wildman–Crippen MR) is 91.4 cm³/mol. The number of hydrogen-bond acceptors (Lipinski definition) is 1. The second kappa shape index (κ2) is 5.68. The standard InChI is InChI=1S/C19H20N2O/c1-4-21(16-10-7-8-14(2)12-16)19(22)18-13-15-9-5-6-11-17(15)20(18)3/h5-13H,4H2,1-3H3. The molecule has 2 aromatic carbocycles. The fourth-order valence-corrected chi connectivity index (χ4v) is 2.87. The molecule has 3 nitrogen and oxygen atoms in total. The van der Waals surface area contributed by atoms with Crippen LogP contribution in [0.25, 0.3) is 10.9 Å². The van der Waals surface area contributed by atoms with E-state index in [1.165, 1.54) is 0 Å². The molecule has 0 aliphatic carbocycles. The van der Waals surface area contributed by atoms with Crippen LogP contribution in [0.5, 0.6) is 0 Å². The van der Waals surface area contributed by atoms with E-state index in [1.807, 2.05) is 85.0 Å². The molecule has 3 aromatic rings. The van der Waals surface area contributed by atoms with Crippen LogP contribution in [0.2, 0.25) is 0 Å². The van der Waals surface area contributed by atoms with Crippen LogP contribution in [0, 0.1) is 6.92 Å². The number of hydrogen-bond donors (Lipinski definition) is 0. The van der Waals surface area contributed by atoms with Crippen molar-refractivity contribution in [2.45, 2.75) is 13.8 Å². The first-order chi connectivity index (χ1) is 10.6. The summed E-state index contributed by atoms with van der Waals surface area (Å²) in [6.07, 6.45) is 0. The molecular formula is C19H20N2O. The first-order valence-corrected chi connectivity index (χ1v) is 7.55. The largest absolute Gasteiger partial charge is 0.340 e. The van der Waals surface area contributed by atoms with Gasteiger partial charge in [0.2, 0.25) is 0 Å². The van der Waals surface area contributed by atoms with Gasteiger partial charge in [0.05, 0.1) is 0 Å². The number of aryl methyl sites for hydroxylation is 2. The van der Waals surface area contributed by atoms with E-state index in [9.17, 15) is 4.79 Å². The molecule has 0 unspecified atom stereocenters. The van der Waals surface area contributed by atoms with Crippen LogP contribution in [0.1, 0.15) is 23.0 Å². The molecule has 0 atom stereocenters. The fraction of sp³-hybridized carbons (Fsp3) is 0.211. The molecule has 0 spiro atoms. The van der Waals surface area contributed by atoms with Crippen LogP contribution in [0.3, 0.4) is 0 Å². The molecule has 1 aromatic heterocycles. The molecule has 0 saturated carbocycles. The molecule has 1 amide bonds. The summed E-state index contributed by atoms with van der Waals surface area (Å²) >= 11 is 0. The molecule has 0 fully saturated rings. The fourth-order valence-electron chi connectivity index (χ4n) is 2.87. The van der Waals surface area contributed by atoms with Crippen molar-refractivity contribution < 1.29 is 4.79 Å². The van der Waals surface area contributed by atoms with Crippen molar-refractivity contribution in [2.24, 2.45) is 7.05 Å². The zero-order valence-electron chi connectivity index (χ0n) is 13.2. The van der Waals surface area contributed by atoms with Gasteiger partial charge in [-0.15, -0.1) is 0 Å². The molecule has 3 rings (SSSR count). The number of carbonyl (C=O) groups excluding carboxylic acids is 1. The van der Waals surface area contributed by atoms with Crippen molar-refractivity contribution >= 4 is 22.5 Å². The van der Waals surface area contributed by atoms with E-state index < -0.39 is 0 Å². The summed E-state index contributed by atoms with van der Waals surface area (Å²) in [6, 6.07) is 18.1. The lowest BCUT2D eigenvalue weighted by Gasteiger charge is -2.21. The first-order valence-electron chi connectivity index (χ1n) is 7.55. The monoisotopic (exact) mass is 292 g/mol.